The molecule has 0 aromatic heterocycles. The number of benzene rings is 2. The van der Waals surface area contributed by atoms with Gasteiger partial charge in [0.15, 0.2) is 5.78 Å². The molecule has 0 amide bonds. The third-order valence-corrected chi connectivity index (χ3v) is 6.20. The van der Waals surface area contributed by atoms with E-state index >= 15 is 0 Å². The molecule has 1 saturated carbocycles. The number of aliphatic hydroxyl groups excluding tert-OH is 1. The second kappa shape index (κ2) is 6.87. The van der Waals surface area contributed by atoms with Crippen molar-refractivity contribution in [3.8, 4) is 17.2 Å². The van der Waals surface area contributed by atoms with E-state index in [1.807, 2.05) is 31.2 Å². The van der Waals surface area contributed by atoms with Gasteiger partial charge < -0.3 is 5.11 Å². The van der Waals surface area contributed by atoms with Crippen LogP contribution in [0.5, 0.6) is 0 Å². The molecule has 2 aromatic rings. The zero-order valence-electron chi connectivity index (χ0n) is 15.1. The summed E-state index contributed by atoms with van der Waals surface area (Å²) >= 11 is 6.05. The van der Waals surface area contributed by atoms with E-state index in [2.05, 4.69) is 6.07 Å². The number of nitriles is 1. The van der Waals surface area contributed by atoms with E-state index < -0.39 is 0 Å². The van der Waals surface area contributed by atoms with Crippen LogP contribution in [0.4, 0.5) is 0 Å². The smallest absolute Gasteiger partial charge is 0.169 e. The van der Waals surface area contributed by atoms with Crippen molar-refractivity contribution >= 4 is 23.0 Å². The number of hydrogen-bond donors (Lipinski definition) is 1. The van der Waals surface area contributed by atoms with Gasteiger partial charge in [0.1, 0.15) is 11.8 Å². The zero-order valence-corrected chi connectivity index (χ0v) is 15.9. The van der Waals surface area contributed by atoms with E-state index in [1.165, 1.54) is 0 Å². The number of fused-ring (bicyclic) bond motifs is 2. The lowest BCUT2D eigenvalue weighted by atomic mass is 9.81. The van der Waals surface area contributed by atoms with Crippen LogP contribution in [0.3, 0.4) is 0 Å². The molecule has 2 bridgehead atoms. The molecule has 3 nitrogen and oxygen atoms in total. The molecular weight excluding hydrogens is 358 g/mol. The quantitative estimate of drug-likeness (QED) is 0.745. The Morgan fingerprint density at radius 2 is 1.85 bits per heavy atom. The molecule has 0 saturated heterocycles. The molecule has 4 heteroatoms. The average molecular weight is 378 g/mol. The van der Waals surface area contributed by atoms with Gasteiger partial charge in [0, 0.05) is 11.8 Å². The van der Waals surface area contributed by atoms with Crippen molar-refractivity contribution in [2.75, 3.05) is 0 Å². The zero-order chi connectivity index (χ0) is 19.1. The first-order chi connectivity index (χ1) is 13.0. The number of hydrogen-bond acceptors (Lipinski definition) is 3. The standard InChI is InChI=1S/C23H20ClNO2/c1-2-13-3-4-15(14-7-8-20(24)18(9-14)12-25)11-19(13)21-22(26)16-5-6-17(10-16)23(21)27/h3-4,7-9,11,16-17,26H,2,5-6,10H2,1H3/t16-,17+/m0/s1. The van der Waals surface area contributed by atoms with Gasteiger partial charge in [0.2, 0.25) is 0 Å². The van der Waals surface area contributed by atoms with Crippen molar-refractivity contribution in [3.05, 3.63) is 63.9 Å². The Balaban J connectivity index is 1.87. The highest BCUT2D eigenvalue weighted by Crippen LogP contribution is 2.46. The topological polar surface area (TPSA) is 61.1 Å². The van der Waals surface area contributed by atoms with Gasteiger partial charge >= 0.3 is 0 Å². The lowest BCUT2D eigenvalue weighted by Crippen LogP contribution is -2.22. The summed E-state index contributed by atoms with van der Waals surface area (Å²) in [7, 11) is 0. The Bertz CT molecular complexity index is 1020. The van der Waals surface area contributed by atoms with Crippen molar-refractivity contribution in [1.82, 2.24) is 0 Å². The summed E-state index contributed by atoms with van der Waals surface area (Å²) in [5.74, 6) is 0.475. The van der Waals surface area contributed by atoms with Gasteiger partial charge in [0.05, 0.1) is 16.2 Å². The van der Waals surface area contributed by atoms with Crippen LogP contribution in [-0.2, 0) is 11.2 Å². The lowest BCUT2D eigenvalue weighted by Gasteiger charge is -2.23. The van der Waals surface area contributed by atoms with Gasteiger partial charge in [-0.05, 0) is 66.1 Å². The molecule has 0 radical (unpaired) electrons. The van der Waals surface area contributed by atoms with Crippen LogP contribution < -0.4 is 0 Å². The van der Waals surface area contributed by atoms with Crippen LogP contribution in [0, 0.1) is 23.2 Å². The van der Waals surface area contributed by atoms with Crippen molar-refractivity contribution < 1.29 is 9.90 Å². The van der Waals surface area contributed by atoms with Gasteiger partial charge in [-0.3, -0.25) is 4.79 Å². The number of ketones is 1. The summed E-state index contributed by atoms with van der Waals surface area (Å²) in [4.78, 5) is 13.0. The Kier molecular flexibility index (Phi) is 4.53. The van der Waals surface area contributed by atoms with Crippen molar-refractivity contribution in [2.45, 2.75) is 32.6 Å². The van der Waals surface area contributed by atoms with E-state index in [0.29, 0.717) is 16.2 Å². The number of carbonyl (C=O) groups excluding carboxylic acids is 1. The number of carbonyl (C=O) groups is 1. The fourth-order valence-corrected chi connectivity index (χ4v) is 4.52. The van der Waals surface area contributed by atoms with Crippen molar-refractivity contribution in [3.63, 3.8) is 0 Å². The highest BCUT2D eigenvalue weighted by Gasteiger charge is 2.41. The molecule has 0 unspecified atom stereocenters. The van der Waals surface area contributed by atoms with Gasteiger partial charge in [-0.1, -0.05) is 36.7 Å². The van der Waals surface area contributed by atoms with Crippen molar-refractivity contribution in [2.24, 2.45) is 11.8 Å². The Labute approximate surface area is 163 Å². The number of nitrogens with zero attached hydrogens (tertiary/aromatic N) is 1. The number of aliphatic hydroxyl groups is 1. The molecule has 2 aliphatic carbocycles. The minimum atomic E-state index is 0.0370. The fraction of sp³-hybridized carbons (Fsp3) is 0.304. The van der Waals surface area contributed by atoms with Crippen LogP contribution >= 0.6 is 11.6 Å². The number of rotatable bonds is 3. The average Bonchev–Trinajstić information content (AvgIpc) is 3.14. The normalized spacial score (nSPS) is 21.4. The maximum Gasteiger partial charge on any atom is 0.169 e. The predicted molar refractivity (Wildman–Crippen MR) is 106 cm³/mol. The van der Waals surface area contributed by atoms with Gasteiger partial charge in [-0.2, -0.15) is 5.26 Å². The molecule has 2 aromatic carbocycles. The highest BCUT2D eigenvalue weighted by molar-refractivity contribution is 6.31. The summed E-state index contributed by atoms with van der Waals surface area (Å²) in [6.45, 7) is 2.05. The van der Waals surface area contributed by atoms with Gasteiger partial charge in [0.25, 0.3) is 0 Å². The molecule has 0 spiro atoms. The first kappa shape index (κ1) is 17.8. The van der Waals surface area contributed by atoms with Gasteiger partial charge in [-0.15, -0.1) is 0 Å². The van der Waals surface area contributed by atoms with E-state index in [0.717, 1.165) is 47.9 Å². The summed E-state index contributed by atoms with van der Waals surface area (Å²) < 4.78 is 0. The Hall–Kier alpha value is -2.57. The van der Waals surface area contributed by atoms with Crippen LogP contribution in [0.2, 0.25) is 5.02 Å². The molecule has 4 rings (SSSR count). The molecule has 2 atom stereocenters. The molecule has 1 N–H and O–H groups in total. The number of halogens is 1. The highest BCUT2D eigenvalue weighted by atomic mass is 35.5. The summed E-state index contributed by atoms with van der Waals surface area (Å²) in [6, 6.07) is 13.4. The summed E-state index contributed by atoms with van der Waals surface area (Å²) in [5.41, 5.74) is 4.56. The Morgan fingerprint density at radius 1 is 1.15 bits per heavy atom. The number of aryl methyl sites for hydroxylation is 1. The largest absolute Gasteiger partial charge is 0.511 e. The van der Waals surface area contributed by atoms with E-state index in [9.17, 15) is 15.2 Å². The van der Waals surface area contributed by atoms with Gasteiger partial charge in [-0.25, -0.2) is 0 Å². The summed E-state index contributed by atoms with van der Waals surface area (Å²) in [5, 5.41) is 20.4. The molecule has 2 aliphatic rings. The third kappa shape index (κ3) is 2.95. The van der Waals surface area contributed by atoms with Crippen molar-refractivity contribution in [1.29, 1.82) is 5.26 Å². The van der Waals surface area contributed by atoms with Crippen LogP contribution in [0.1, 0.15) is 42.9 Å². The van der Waals surface area contributed by atoms with Crippen LogP contribution in [0.15, 0.2) is 42.2 Å². The van der Waals surface area contributed by atoms with E-state index in [4.69, 9.17) is 11.6 Å². The molecular formula is C23H20ClNO2. The Morgan fingerprint density at radius 3 is 2.59 bits per heavy atom. The molecule has 0 aliphatic heterocycles. The number of allylic oxidation sites excluding steroid dienone is 2. The van der Waals surface area contributed by atoms with Crippen LogP contribution in [0.25, 0.3) is 16.7 Å². The molecule has 136 valence electrons. The second-order valence-electron chi connectivity index (χ2n) is 7.36. The minimum Gasteiger partial charge on any atom is -0.511 e. The van der Waals surface area contributed by atoms with E-state index in [1.54, 1.807) is 12.1 Å². The second-order valence-corrected chi connectivity index (χ2v) is 7.77. The maximum atomic E-state index is 13.0. The SMILES string of the molecule is CCc1ccc(-c2ccc(Cl)c(C#N)c2)cc1C1=C(O)[C@H]2CC[C@H](C2)C1=O. The first-order valence-corrected chi connectivity index (χ1v) is 9.72. The monoisotopic (exact) mass is 377 g/mol. The molecule has 1 fully saturated rings. The van der Waals surface area contributed by atoms with Crippen LogP contribution in [-0.4, -0.2) is 10.9 Å². The fourth-order valence-electron chi connectivity index (χ4n) is 4.36. The predicted octanol–water partition coefficient (Wildman–Crippen LogP) is 5.71. The first-order valence-electron chi connectivity index (χ1n) is 9.34. The van der Waals surface area contributed by atoms with E-state index in [-0.39, 0.29) is 23.4 Å². The lowest BCUT2D eigenvalue weighted by molar-refractivity contribution is -0.117. The minimum absolute atomic E-state index is 0.0370. The molecule has 27 heavy (non-hydrogen) atoms. The molecule has 0 heterocycles. The summed E-state index contributed by atoms with van der Waals surface area (Å²) in [6.07, 6.45) is 3.30. The maximum absolute atomic E-state index is 13.0. The number of Topliss-reactive ketones (excluding diaryl/α,β-unsaturated/α-hetero) is 1. The third-order valence-electron chi connectivity index (χ3n) is 5.87.